The molecule has 1 atom stereocenters. The van der Waals surface area contributed by atoms with Crippen LogP contribution in [0.25, 0.3) is 0 Å². The van der Waals surface area contributed by atoms with Gasteiger partial charge in [0.2, 0.25) is 0 Å². The van der Waals surface area contributed by atoms with E-state index < -0.39 is 17.2 Å². The largest absolute Gasteiger partial charge is 0.381 e. The van der Waals surface area contributed by atoms with Gasteiger partial charge in [0.25, 0.3) is 0 Å². The van der Waals surface area contributed by atoms with E-state index in [0.717, 1.165) is 6.42 Å². The Morgan fingerprint density at radius 3 is 2.50 bits per heavy atom. The van der Waals surface area contributed by atoms with Gasteiger partial charge >= 0.3 is 0 Å². The highest BCUT2D eigenvalue weighted by Gasteiger charge is 2.33. The highest BCUT2D eigenvalue weighted by atomic mass is 19.1. The predicted octanol–water partition coefficient (Wildman–Crippen LogP) is 2.32. The van der Waals surface area contributed by atoms with Gasteiger partial charge in [-0.15, -0.1) is 0 Å². The number of hydrogen-bond acceptors (Lipinski definition) is 2. The van der Waals surface area contributed by atoms with E-state index in [1.165, 1.54) is 18.2 Å². The SMILES string of the molecule is NC1(c2c(F)cccc2F)CCCOCC1. The molecule has 2 rings (SSSR count). The van der Waals surface area contributed by atoms with Crippen LogP contribution in [0, 0.1) is 11.6 Å². The fraction of sp³-hybridized carbons (Fsp3) is 0.500. The fourth-order valence-corrected chi connectivity index (χ4v) is 2.19. The van der Waals surface area contributed by atoms with Crippen LogP contribution in [0.5, 0.6) is 0 Å². The van der Waals surface area contributed by atoms with Gasteiger partial charge in [0.1, 0.15) is 11.6 Å². The second-order valence-electron chi connectivity index (χ2n) is 4.22. The summed E-state index contributed by atoms with van der Waals surface area (Å²) in [5.74, 6) is -1.13. The zero-order valence-electron chi connectivity index (χ0n) is 9.01. The Morgan fingerprint density at radius 1 is 1.12 bits per heavy atom. The highest BCUT2D eigenvalue weighted by molar-refractivity contribution is 5.27. The van der Waals surface area contributed by atoms with Crippen molar-refractivity contribution in [1.29, 1.82) is 0 Å². The lowest BCUT2D eigenvalue weighted by Gasteiger charge is -2.28. The summed E-state index contributed by atoms with van der Waals surface area (Å²) in [6, 6.07) is 3.85. The lowest BCUT2D eigenvalue weighted by molar-refractivity contribution is 0.139. The minimum Gasteiger partial charge on any atom is -0.381 e. The predicted molar refractivity (Wildman–Crippen MR) is 56.9 cm³/mol. The molecule has 1 aliphatic rings. The molecule has 0 aliphatic carbocycles. The third-order valence-corrected chi connectivity index (χ3v) is 3.06. The number of ether oxygens (including phenoxy) is 1. The monoisotopic (exact) mass is 227 g/mol. The summed E-state index contributed by atoms with van der Waals surface area (Å²) in [6.07, 6.45) is 1.72. The normalized spacial score (nSPS) is 26.4. The molecule has 16 heavy (non-hydrogen) atoms. The van der Waals surface area contributed by atoms with Crippen molar-refractivity contribution < 1.29 is 13.5 Å². The summed E-state index contributed by atoms with van der Waals surface area (Å²) in [5.41, 5.74) is 5.18. The van der Waals surface area contributed by atoms with Crippen molar-refractivity contribution in [2.24, 2.45) is 5.73 Å². The molecule has 2 N–H and O–H groups in total. The lowest BCUT2D eigenvalue weighted by Crippen LogP contribution is -2.38. The van der Waals surface area contributed by atoms with Crippen molar-refractivity contribution in [3.8, 4) is 0 Å². The van der Waals surface area contributed by atoms with Crippen molar-refractivity contribution in [3.63, 3.8) is 0 Å². The van der Waals surface area contributed by atoms with Gasteiger partial charge in [-0.05, 0) is 31.4 Å². The topological polar surface area (TPSA) is 35.2 Å². The van der Waals surface area contributed by atoms with Gasteiger partial charge in [-0.25, -0.2) is 8.78 Å². The van der Waals surface area contributed by atoms with Crippen LogP contribution >= 0.6 is 0 Å². The molecule has 1 aromatic rings. The van der Waals surface area contributed by atoms with Crippen molar-refractivity contribution in [1.82, 2.24) is 0 Å². The van der Waals surface area contributed by atoms with E-state index in [-0.39, 0.29) is 5.56 Å². The van der Waals surface area contributed by atoms with Gasteiger partial charge in [0.15, 0.2) is 0 Å². The molecule has 4 heteroatoms. The number of halogens is 2. The van der Waals surface area contributed by atoms with Gasteiger partial charge in [-0.3, -0.25) is 0 Å². The maximum atomic E-state index is 13.7. The first-order chi connectivity index (χ1) is 7.63. The molecule has 0 aromatic heterocycles. The van der Waals surface area contributed by atoms with Crippen molar-refractivity contribution in [2.75, 3.05) is 13.2 Å². The molecule has 88 valence electrons. The third kappa shape index (κ3) is 2.08. The Morgan fingerprint density at radius 2 is 1.81 bits per heavy atom. The molecule has 1 unspecified atom stereocenters. The van der Waals surface area contributed by atoms with Gasteiger partial charge in [0.05, 0.1) is 0 Å². The average molecular weight is 227 g/mol. The van der Waals surface area contributed by atoms with Crippen LogP contribution in [0.3, 0.4) is 0 Å². The van der Waals surface area contributed by atoms with E-state index >= 15 is 0 Å². The molecule has 2 nitrogen and oxygen atoms in total. The van der Waals surface area contributed by atoms with Crippen LogP contribution in [-0.2, 0) is 10.3 Å². The molecular formula is C12H15F2NO. The van der Waals surface area contributed by atoms with Crippen LogP contribution in [-0.4, -0.2) is 13.2 Å². The summed E-state index contributed by atoms with van der Waals surface area (Å²) >= 11 is 0. The van der Waals surface area contributed by atoms with Crippen LogP contribution < -0.4 is 5.73 Å². The Hall–Kier alpha value is -1.00. The molecule has 1 saturated heterocycles. The average Bonchev–Trinajstić information content (AvgIpc) is 2.43. The second-order valence-corrected chi connectivity index (χ2v) is 4.22. The maximum absolute atomic E-state index is 13.7. The van der Waals surface area contributed by atoms with E-state index in [2.05, 4.69) is 0 Å². The van der Waals surface area contributed by atoms with E-state index in [4.69, 9.17) is 10.5 Å². The van der Waals surface area contributed by atoms with Gasteiger partial charge in [0, 0.05) is 24.3 Å². The smallest absolute Gasteiger partial charge is 0.131 e. The number of rotatable bonds is 1. The lowest BCUT2D eigenvalue weighted by atomic mass is 9.83. The van der Waals surface area contributed by atoms with E-state index in [1.807, 2.05) is 0 Å². The molecule has 0 spiro atoms. The molecule has 1 aromatic carbocycles. The Labute approximate surface area is 93.4 Å². The first-order valence-corrected chi connectivity index (χ1v) is 5.45. The molecule has 0 amide bonds. The van der Waals surface area contributed by atoms with Crippen LogP contribution in [0.2, 0.25) is 0 Å². The zero-order chi connectivity index (χ0) is 11.6. The quantitative estimate of drug-likeness (QED) is 0.799. The third-order valence-electron chi connectivity index (χ3n) is 3.06. The Balaban J connectivity index is 2.40. The van der Waals surface area contributed by atoms with Crippen LogP contribution in [0.4, 0.5) is 8.78 Å². The van der Waals surface area contributed by atoms with Gasteiger partial charge in [-0.2, -0.15) is 0 Å². The van der Waals surface area contributed by atoms with Gasteiger partial charge in [-0.1, -0.05) is 6.07 Å². The molecule has 1 aliphatic heterocycles. The summed E-state index contributed by atoms with van der Waals surface area (Å²) in [5, 5.41) is 0. The zero-order valence-corrected chi connectivity index (χ0v) is 9.01. The summed E-state index contributed by atoms with van der Waals surface area (Å²) < 4.78 is 32.6. The number of benzene rings is 1. The highest BCUT2D eigenvalue weighted by Crippen LogP contribution is 2.33. The maximum Gasteiger partial charge on any atom is 0.131 e. The fourth-order valence-electron chi connectivity index (χ4n) is 2.19. The minimum absolute atomic E-state index is 0.000463. The Bertz CT molecular complexity index is 353. The van der Waals surface area contributed by atoms with Crippen molar-refractivity contribution in [3.05, 3.63) is 35.4 Å². The first kappa shape index (κ1) is 11.5. The van der Waals surface area contributed by atoms with E-state index in [9.17, 15) is 8.78 Å². The van der Waals surface area contributed by atoms with Crippen molar-refractivity contribution in [2.45, 2.75) is 24.8 Å². The molecular weight excluding hydrogens is 212 g/mol. The summed E-state index contributed by atoms with van der Waals surface area (Å²) in [7, 11) is 0. The summed E-state index contributed by atoms with van der Waals surface area (Å²) in [4.78, 5) is 0. The van der Waals surface area contributed by atoms with E-state index in [0.29, 0.717) is 26.1 Å². The molecule has 0 saturated carbocycles. The van der Waals surface area contributed by atoms with Crippen molar-refractivity contribution >= 4 is 0 Å². The van der Waals surface area contributed by atoms with Crippen LogP contribution in [0.15, 0.2) is 18.2 Å². The van der Waals surface area contributed by atoms with Gasteiger partial charge < -0.3 is 10.5 Å². The second kappa shape index (κ2) is 4.47. The summed E-state index contributed by atoms with van der Waals surface area (Å²) in [6.45, 7) is 1.05. The standard InChI is InChI=1S/C12H15F2NO/c13-9-3-1-4-10(14)11(9)12(15)5-2-7-16-8-6-12/h1,3-4H,2,5-8,15H2. The minimum atomic E-state index is -0.939. The number of hydrogen-bond donors (Lipinski definition) is 1. The molecule has 1 heterocycles. The molecule has 0 bridgehead atoms. The molecule has 0 radical (unpaired) electrons. The Kier molecular flexibility index (Phi) is 3.21. The first-order valence-electron chi connectivity index (χ1n) is 5.45. The van der Waals surface area contributed by atoms with E-state index in [1.54, 1.807) is 0 Å². The molecule has 1 fully saturated rings. The van der Waals surface area contributed by atoms with Crippen LogP contribution in [0.1, 0.15) is 24.8 Å². The number of nitrogens with two attached hydrogens (primary N) is 1.